The van der Waals surface area contributed by atoms with Gasteiger partial charge in [0.1, 0.15) is 0 Å². The fraction of sp³-hybridized carbons (Fsp3) is 0.652. The zero-order valence-electron chi connectivity index (χ0n) is 19.1. The van der Waals surface area contributed by atoms with Crippen LogP contribution in [-0.2, 0) is 17.9 Å². The first-order valence-corrected chi connectivity index (χ1v) is 11.5. The molecule has 0 aromatic heterocycles. The number of hydrogen-bond acceptors (Lipinski definition) is 4. The highest BCUT2D eigenvalue weighted by molar-refractivity contribution is 14.0. The molecule has 2 fully saturated rings. The summed E-state index contributed by atoms with van der Waals surface area (Å²) in [5.74, 6) is 0.862. The number of piperazine rings is 1. The molecule has 0 aliphatic carbocycles. The van der Waals surface area contributed by atoms with Crippen molar-refractivity contribution in [1.29, 1.82) is 0 Å². The minimum atomic E-state index is 0. The summed E-state index contributed by atoms with van der Waals surface area (Å²) >= 11 is 0. The molecule has 1 amide bonds. The van der Waals surface area contributed by atoms with E-state index in [-0.39, 0.29) is 29.9 Å². The van der Waals surface area contributed by atoms with Gasteiger partial charge in [0.05, 0.1) is 13.1 Å². The fourth-order valence-corrected chi connectivity index (χ4v) is 4.11. The van der Waals surface area contributed by atoms with Crippen molar-refractivity contribution in [3.05, 3.63) is 35.4 Å². The van der Waals surface area contributed by atoms with Crippen molar-refractivity contribution in [1.82, 2.24) is 25.3 Å². The number of likely N-dealkylation sites (N-methyl/N-ethyl adjacent to an activating group) is 1. The molecular weight excluding hydrogens is 503 g/mol. The van der Waals surface area contributed by atoms with E-state index in [2.05, 4.69) is 51.6 Å². The second-order valence-electron chi connectivity index (χ2n) is 8.12. The number of hydrogen-bond donors (Lipinski definition) is 2. The number of nitrogens with one attached hydrogen (secondary N) is 2. The molecule has 2 saturated heterocycles. The third-order valence-corrected chi connectivity index (χ3v) is 6.04. The van der Waals surface area contributed by atoms with Gasteiger partial charge in [0, 0.05) is 52.4 Å². The molecule has 8 heteroatoms. The molecule has 2 aliphatic rings. The first-order chi connectivity index (χ1) is 14.7. The van der Waals surface area contributed by atoms with Gasteiger partial charge in [-0.3, -0.25) is 9.69 Å². The van der Waals surface area contributed by atoms with E-state index in [9.17, 15) is 4.79 Å². The molecule has 2 aliphatic heterocycles. The molecule has 0 unspecified atom stereocenters. The molecule has 3 rings (SSSR count). The number of carbonyl (C=O) groups is 1. The summed E-state index contributed by atoms with van der Waals surface area (Å²) in [5, 5.41) is 6.47. The number of benzene rings is 1. The Bertz CT molecular complexity index is 699. The highest BCUT2D eigenvalue weighted by Crippen LogP contribution is 2.14. The highest BCUT2D eigenvalue weighted by Gasteiger charge is 2.18. The minimum Gasteiger partial charge on any atom is -0.357 e. The lowest BCUT2D eigenvalue weighted by Crippen LogP contribution is -2.45. The molecule has 0 radical (unpaired) electrons. The third kappa shape index (κ3) is 8.23. The van der Waals surface area contributed by atoms with E-state index in [1.54, 1.807) is 0 Å². The Labute approximate surface area is 204 Å². The third-order valence-electron chi connectivity index (χ3n) is 6.04. The van der Waals surface area contributed by atoms with Crippen molar-refractivity contribution in [2.24, 2.45) is 4.99 Å². The van der Waals surface area contributed by atoms with Crippen molar-refractivity contribution in [2.45, 2.75) is 39.8 Å². The number of rotatable bonds is 8. The van der Waals surface area contributed by atoms with Gasteiger partial charge in [-0.25, -0.2) is 4.99 Å². The van der Waals surface area contributed by atoms with Crippen LogP contribution in [0.5, 0.6) is 0 Å². The summed E-state index contributed by atoms with van der Waals surface area (Å²) < 4.78 is 0. The maximum Gasteiger partial charge on any atom is 0.241 e. The fourth-order valence-electron chi connectivity index (χ4n) is 4.11. The summed E-state index contributed by atoms with van der Waals surface area (Å²) in [5.41, 5.74) is 2.59. The maximum absolute atomic E-state index is 12.3. The van der Waals surface area contributed by atoms with Gasteiger partial charge in [-0.1, -0.05) is 31.2 Å². The standard InChI is InChI=1S/C23H38N6O.HI/c1-3-24-23(26-18-22(30)29-11-7-8-12-29)25-17-20-9-5-6-10-21(20)19-28-15-13-27(4-2)14-16-28;/h5-6,9-10H,3-4,7-8,11-19H2,1-2H3,(H2,24,25,26);1H. The Morgan fingerprint density at radius 2 is 1.58 bits per heavy atom. The second-order valence-corrected chi connectivity index (χ2v) is 8.12. The second kappa shape index (κ2) is 13.9. The van der Waals surface area contributed by atoms with Gasteiger partial charge in [0.25, 0.3) is 0 Å². The van der Waals surface area contributed by atoms with E-state index in [1.165, 1.54) is 11.1 Å². The molecule has 0 atom stereocenters. The van der Waals surface area contributed by atoms with E-state index in [0.717, 1.165) is 71.7 Å². The van der Waals surface area contributed by atoms with Gasteiger partial charge >= 0.3 is 0 Å². The molecule has 0 spiro atoms. The molecular formula is C23H39IN6O. The summed E-state index contributed by atoms with van der Waals surface area (Å²) in [6, 6.07) is 8.58. The maximum atomic E-state index is 12.3. The lowest BCUT2D eigenvalue weighted by atomic mass is 10.1. The first kappa shape index (κ1) is 25.9. The zero-order chi connectivity index (χ0) is 21.2. The van der Waals surface area contributed by atoms with Gasteiger partial charge in [-0.15, -0.1) is 24.0 Å². The van der Waals surface area contributed by atoms with E-state index in [4.69, 9.17) is 4.99 Å². The van der Waals surface area contributed by atoms with Crippen LogP contribution in [0.2, 0.25) is 0 Å². The predicted octanol–water partition coefficient (Wildman–Crippen LogP) is 2.12. The van der Waals surface area contributed by atoms with Crippen molar-refractivity contribution in [3.8, 4) is 0 Å². The van der Waals surface area contributed by atoms with E-state index < -0.39 is 0 Å². The van der Waals surface area contributed by atoms with Crippen LogP contribution in [0, 0.1) is 0 Å². The van der Waals surface area contributed by atoms with Crippen LogP contribution in [0.15, 0.2) is 29.3 Å². The molecule has 0 saturated carbocycles. The molecule has 2 heterocycles. The van der Waals surface area contributed by atoms with E-state index in [1.807, 2.05) is 11.8 Å². The van der Waals surface area contributed by atoms with Crippen LogP contribution < -0.4 is 10.6 Å². The number of halogens is 1. The molecule has 7 nitrogen and oxygen atoms in total. The molecule has 1 aromatic carbocycles. The van der Waals surface area contributed by atoms with Crippen LogP contribution in [0.1, 0.15) is 37.8 Å². The molecule has 1 aromatic rings. The average molecular weight is 543 g/mol. The monoisotopic (exact) mass is 542 g/mol. The summed E-state index contributed by atoms with van der Waals surface area (Å²) in [4.78, 5) is 24.1. The number of likely N-dealkylation sites (tertiary alicyclic amines) is 1. The zero-order valence-corrected chi connectivity index (χ0v) is 21.4. The average Bonchev–Trinajstić information content (AvgIpc) is 3.32. The summed E-state index contributed by atoms with van der Waals surface area (Å²) in [6.45, 7) is 14.4. The van der Waals surface area contributed by atoms with Gasteiger partial charge in [0.15, 0.2) is 5.96 Å². The minimum absolute atomic E-state index is 0. The molecule has 31 heavy (non-hydrogen) atoms. The SMILES string of the molecule is CCNC(=NCc1ccccc1CN1CCN(CC)CC1)NCC(=O)N1CCCC1.I. The lowest BCUT2D eigenvalue weighted by molar-refractivity contribution is -0.128. The molecule has 174 valence electrons. The van der Waals surface area contributed by atoms with Crippen LogP contribution in [0.3, 0.4) is 0 Å². The number of guanidine groups is 1. The summed E-state index contributed by atoms with van der Waals surface area (Å²) in [6.07, 6.45) is 2.23. The van der Waals surface area contributed by atoms with Crippen LogP contribution in [-0.4, -0.2) is 85.5 Å². The molecule has 0 bridgehead atoms. The highest BCUT2D eigenvalue weighted by atomic mass is 127. The Morgan fingerprint density at radius 1 is 0.935 bits per heavy atom. The topological polar surface area (TPSA) is 63.2 Å². The Morgan fingerprint density at radius 3 is 2.23 bits per heavy atom. The Balaban J connectivity index is 0.00000341. The van der Waals surface area contributed by atoms with Crippen molar-refractivity contribution >= 4 is 35.8 Å². The van der Waals surface area contributed by atoms with Gasteiger partial charge in [0.2, 0.25) is 5.91 Å². The molecule has 2 N–H and O–H groups in total. The normalized spacial score (nSPS) is 18.0. The number of amides is 1. The van der Waals surface area contributed by atoms with Crippen LogP contribution in [0.25, 0.3) is 0 Å². The van der Waals surface area contributed by atoms with Crippen molar-refractivity contribution in [2.75, 3.05) is 58.9 Å². The number of carbonyl (C=O) groups excluding carboxylic acids is 1. The van der Waals surface area contributed by atoms with Crippen LogP contribution in [0.4, 0.5) is 0 Å². The van der Waals surface area contributed by atoms with Crippen LogP contribution >= 0.6 is 24.0 Å². The quantitative estimate of drug-likeness (QED) is 0.300. The largest absolute Gasteiger partial charge is 0.357 e. The van der Waals surface area contributed by atoms with E-state index in [0.29, 0.717) is 19.0 Å². The predicted molar refractivity (Wildman–Crippen MR) is 138 cm³/mol. The number of nitrogens with zero attached hydrogens (tertiary/aromatic N) is 4. The van der Waals surface area contributed by atoms with Gasteiger partial charge < -0.3 is 20.4 Å². The van der Waals surface area contributed by atoms with Gasteiger partial charge in [-0.2, -0.15) is 0 Å². The lowest BCUT2D eigenvalue weighted by Gasteiger charge is -2.34. The first-order valence-electron chi connectivity index (χ1n) is 11.5. The van der Waals surface area contributed by atoms with Crippen molar-refractivity contribution in [3.63, 3.8) is 0 Å². The van der Waals surface area contributed by atoms with Gasteiger partial charge in [-0.05, 0) is 37.4 Å². The van der Waals surface area contributed by atoms with Crippen molar-refractivity contribution < 1.29 is 4.79 Å². The Kier molecular flexibility index (Phi) is 11.6. The number of aliphatic imine (C=N–C) groups is 1. The van der Waals surface area contributed by atoms with E-state index >= 15 is 0 Å². The Hall–Kier alpha value is -1.39. The summed E-state index contributed by atoms with van der Waals surface area (Å²) in [7, 11) is 0. The smallest absolute Gasteiger partial charge is 0.241 e.